The topological polar surface area (TPSA) is 62.6 Å². The Morgan fingerprint density at radius 2 is 1.42 bits per heavy atom. The molecule has 3 rings (SSSR count). The van der Waals surface area contributed by atoms with Crippen molar-refractivity contribution in [1.82, 2.24) is 0 Å². The summed E-state index contributed by atoms with van der Waals surface area (Å²) >= 11 is 18.0. The Bertz CT molecular complexity index is 1040. The molecular formula is C23H21Cl3N3O2+. The van der Waals surface area contributed by atoms with E-state index in [0.29, 0.717) is 31.3 Å². The number of halogens is 3. The summed E-state index contributed by atoms with van der Waals surface area (Å²) in [5, 5.41) is 7.11. The molecule has 31 heavy (non-hydrogen) atoms. The molecule has 3 aromatic carbocycles. The first-order chi connectivity index (χ1) is 14.8. The standard InChI is InChI=1S/C23H20Cl3N3O2/c1-29(14-21(30)27-19-9-7-16(24)8-10-19)22(15-5-3-2-4-6-15)23(31)28-20-12-17(25)11-18(26)13-20/h2-13,22H,14H2,1H3,(H,27,30)(H,28,31)/p+1/t22-/m0/s1. The van der Waals surface area contributed by atoms with Gasteiger partial charge in [0.05, 0.1) is 7.05 Å². The summed E-state index contributed by atoms with van der Waals surface area (Å²) < 4.78 is 0. The fourth-order valence-electron chi connectivity index (χ4n) is 3.24. The van der Waals surface area contributed by atoms with Crippen LogP contribution in [0.15, 0.2) is 72.8 Å². The van der Waals surface area contributed by atoms with E-state index >= 15 is 0 Å². The molecule has 3 N–H and O–H groups in total. The van der Waals surface area contributed by atoms with Crippen molar-refractivity contribution in [3.05, 3.63) is 93.4 Å². The van der Waals surface area contributed by atoms with Crippen LogP contribution in [0.2, 0.25) is 15.1 Å². The summed E-state index contributed by atoms with van der Waals surface area (Å²) in [5.41, 5.74) is 1.91. The number of rotatable bonds is 7. The van der Waals surface area contributed by atoms with Gasteiger partial charge in [-0.05, 0) is 42.5 Å². The highest BCUT2D eigenvalue weighted by Gasteiger charge is 2.30. The van der Waals surface area contributed by atoms with E-state index < -0.39 is 6.04 Å². The van der Waals surface area contributed by atoms with Crippen molar-refractivity contribution in [2.75, 3.05) is 24.2 Å². The van der Waals surface area contributed by atoms with Crippen LogP contribution in [0, 0.1) is 0 Å². The van der Waals surface area contributed by atoms with Crippen molar-refractivity contribution < 1.29 is 14.5 Å². The van der Waals surface area contributed by atoms with Gasteiger partial charge in [-0.2, -0.15) is 0 Å². The molecule has 0 aliphatic rings. The molecular weight excluding hydrogens is 457 g/mol. The molecule has 0 spiro atoms. The SMILES string of the molecule is C[NH+](CC(=O)Nc1ccc(Cl)cc1)[C@H](C(=O)Nc1cc(Cl)cc(Cl)c1)c1ccccc1. The molecule has 1 unspecified atom stereocenters. The highest BCUT2D eigenvalue weighted by atomic mass is 35.5. The summed E-state index contributed by atoms with van der Waals surface area (Å²) in [5.74, 6) is -0.499. The zero-order valence-electron chi connectivity index (χ0n) is 16.7. The van der Waals surface area contributed by atoms with Crippen molar-refractivity contribution >= 4 is 58.0 Å². The van der Waals surface area contributed by atoms with Gasteiger partial charge in [-0.25, -0.2) is 0 Å². The molecule has 0 saturated carbocycles. The Labute approximate surface area is 195 Å². The fraction of sp³-hybridized carbons (Fsp3) is 0.130. The van der Waals surface area contributed by atoms with Gasteiger partial charge in [0.2, 0.25) is 0 Å². The van der Waals surface area contributed by atoms with Crippen LogP contribution in [0.3, 0.4) is 0 Å². The number of amides is 2. The van der Waals surface area contributed by atoms with Crippen LogP contribution in [0.25, 0.3) is 0 Å². The number of carbonyl (C=O) groups excluding carboxylic acids is 2. The third-order valence-electron chi connectivity index (χ3n) is 4.59. The minimum atomic E-state index is -0.630. The lowest BCUT2D eigenvalue weighted by Crippen LogP contribution is -3.11. The molecule has 0 heterocycles. The molecule has 8 heteroatoms. The van der Waals surface area contributed by atoms with Crippen LogP contribution in [0.4, 0.5) is 11.4 Å². The molecule has 0 saturated heterocycles. The summed E-state index contributed by atoms with van der Waals surface area (Å²) in [6.07, 6.45) is 0. The number of hydrogen-bond acceptors (Lipinski definition) is 2. The summed E-state index contributed by atoms with van der Waals surface area (Å²) in [7, 11) is 1.80. The van der Waals surface area contributed by atoms with E-state index in [1.54, 1.807) is 49.5 Å². The third kappa shape index (κ3) is 6.71. The van der Waals surface area contributed by atoms with Crippen molar-refractivity contribution in [2.24, 2.45) is 0 Å². The second kappa shape index (κ2) is 10.6. The van der Waals surface area contributed by atoms with Crippen molar-refractivity contribution in [1.29, 1.82) is 0 Å². The molecule has 3 aromatic rings. The van der Waals surface area contributed by atoms with Gasteiger partial charge in [0, 0.05) is 32.0 Å². The van der Waals surface area contributed by atoms with E-state index in [1.165, 1.54) is 0 Å². The Kier molecular flexibility index (Phi) is 7.93. The maximum absolute atomic E-state index is 13.2. The predicted octanol–water partition coefficient (Wildman–Crippen LogP) is 4.48. The lowest BCUT2D eigenvalue weighted by Gasteiger charge is -2.24. The number of likely N-dealkylation sites (N-methyl/N-ethyl adjacent to an activating group) is 1. The Hall–Kier alpha value is -2.57. The van der Waals surface area contributed by atoms with E-state index in [9.17, 15) is 9.59 Å². The van der Waals surface area contributed by atoms with E-state index in [0.717, 1.165) is 5.56 Å². The highest BCUT2D eigenvalue weighted by Crippen LogP contribution is 2.23. The minimum absolute atomic E-state index is 0.0753. The quantitative estimate of drug-likeness (QED) is 0.470. The van der Waals surface area contributed by atoms with Crippen LogP contribution in [-0.2, 0) is 9.59 Å². The average molecular weight is 478 g/mol. The normalized spacial score (nSPS) is 12.6. The van der Waals surface area contributed by atoms with Gasteiger partial charge in [0.15, 0.2) is 12.6 Å². The van der Waals surface area contributed by atoms with Crippen LogP contribution in [0.5, 0.6) is 0 Å². The van der Waals surface area contributed by atoms with Gasteiger partial charge >= 0.3 is 0 Å². The predicted molar refractivity (Wildman–Crippen MR) is 126 cm³/mol. The van der Waals surface area contributed by atoms with Crippen molar-refractivity contribution in [3.8, 4) is 0 Å². The van der Waals surface area contributed by atoms with E-state index in [-0.39, 0.29) is 18.4 Å². The summed E-state index contributed by atoms with van der Waals surface area (Å²) in [6.45, 7) is 0.0753. The van der Waals surface area contributed by atoms with Gasteiger partial charge in [0.1, 0.15) is 0 Å². The number of nitrogens with one attached hydrogen (secondary N) is 3. The van der Waals surface area contributed by atoms with Crippen LogP contribution < -0.4 is 15.5 Å². The van der Waals surface area contributed by atoms with Crippen LogP contribution >= 0.6 is 34.8 Å². The first-order valence-corrected chi connectivity index (χ1v) is 10.6. The van der Waals surface area contributed by atoms with Gasteiger partial charge in [-0.1, -0.05) is 65.1 Å². The molecule has 2 amide bonds. The van der Waals surface area contributed by atoms with E-state index in [2.05, 4.69) is 10.6 Å². The molecule has 0 aromatic heterocycles. The lowest BCUT2D eigenvalue weighted by molar-refractivity contribution is -0.893. The molecule has 0 radical (unpaired) electrons. The smallest absolute Gasteiger partial charge is 0.287 e. The van der Waals surface area contributed by atoms with Crippen molar-refractivity contribution in [3.63, 3.8) is 0 Å². The second-order valence-electron chi connectivity index (χ2n) is 7.07. The van der Waals surface area contributed by atoms with Gasteiger partial charge in [-0.15, -0.1) is 0 Å². The summed E-state index contributed by atoms with van der Waals surface area (Å²) in [6, 6.07) is 20.3. The zero-order chi connectivity index (χ0) is 22.4. The number of benzene rings is 3. The molecule has 5 nitrogen and oxygen atoms in total. The van der Waals surface area contributed by atoms with E-state index in [4.69, 9.17) is 34.8 Å². The number of quaternary nitrogens is 1. The number of carbonyl (C=O) groups is 2. The fourth-order valence-corrected chi connectivity index (χ4v) is 3.89. The molecule has 160 valence electrons. The molecule has 2 atom stereocenters. The molecule has 0 aliphatic carbocycles. The minimum Gasteiger partial charge on any atom is -0.321 e. The summed E-state index contributed by atoms with van der Waals surface area (Å²) in [4.78, 5) is 26.5. The first-order valence-electron chi connectivity index (χ1n) is 9.51. The highest BCUT2D eigenvalue weighted by molar-refractivity contribution is 6.35. The Morgan fingerprint density at radius 1 is 0.806 bits per heavy atom. The molecule has 0 fully saturated rings. The van der Waals surface area contributed by atoms with Crippen LogP contribution in [0.1, 0.15) is 11.6 Å². The van der Waals surface area contributed by atoms with E-state index in [1.807, 2.05) is 30.3 Å². The van der Waals surface area contributed by atoms with Gasteiger partial charge in [0.25, 0.3) is 11.8 Å². The van der Waals surface area contributed by atoms with Gasteiger partial charge in [-0.3, -0.25) is 9.59 Å². The zero-order valence-corrected chi connectivity index (χ0v) is 18.9. The first kappa shape index (κ1) is 23.1. The Balaban J connectivity index is 1.77. The average Bonchev–Trinajstić information content (AvgIpc) is 2.70. The number of anilines is 2. The third-order valence-corrected chi connectivity index (χ3v) is 5.27. The second-order valence-corrected chi connectivity index (χ2v) is 8.38. The Morgan fingerprint density at radius 3 is 2.03 bits per heavy atom. The van der Waals surface area contributed by atoms with Gasteiger partial charge < -0.3 is 15.5 Å². The molecule has 0 bridgehead atoms. The molecule has 0 aliphatic heterocycles. The van der Waals surface area contributed by atoms with Crippen molar-refractivity contribution in [2.45, 2.75) is 6.04 Å². The maximum Gasteiger partial charge on any atom is 0.287 e. The van der Waals surface area contributed by atoms with Crippen LogP contribution in [-0.4, -0.2) is 25.4 Å². The monoisotopic (exact) mass is 476 g/mol. The lowest BCUT2D eigenvalue weighted by atomic mass is 10.0. The largest absolute Gasteiger partial charge is 0.321 e. The number of hydrogen-bond donors (Lipinski definition) is 3. The maximum atomic E-state index is 13.2.